The van der Waals surface area contributed by atoms with Crippen molar-refractivity contribution in [2.45, 2.75) is 9.79 Å². The van der Waals surface area contributed by atoms with Gasteiger partial charge in [0.25, 0.3) is 0 Å². The van der Waals surface area contributed by atoms with Crippen LogP contribution in [0.15, 0.2) is 77.0 Å². The molecule has 2 aromatic rings. The molecule has 20 heavy (non-hydrogen) atoms. The molecule has 0 radical (unpaired) electrons. The van der Waals surface area contributed by atoms with Gasteiger partial charge in [0.05, 0.1) is 5.69 Å². The zero-order valence-corrected chi connectivity index (χ0v) is 12.6. The second kappa shape index (κ2) is 7.72. The number of hydrogen-bond acceptors (Lipinski definition) is 2. The normalized spacial score (nSPS) is 9.80. The van der Waals surface area contributed by atoms with Crippen molar-refractivity contribution >= 4 is 34.8 Å². The summed E-state index contributed by atoms with van der Waals surface area (Å²) in [4.78, 5) is 2.34. The summed E-state index contributed by atoms with van der Waals surface area (Å²) in [6.45, 7) is 4.31. The quantitative estimate of drug-likeness (QED) is 0.635. The summed E-state index contributed by atoms with van der Waals surface area (Å²) in [5.74, 6) is 0. The van der Waals surface area contributed by atoms with E-state index in [4.69, 9.17) is 12.2 Å². The lowest BCUT2D eigenvalue weighted by molar-refractivity contribution is 1.06. The lowest BCUT2D eigenvalue weighted by atomic mass is 10.3. The van der Waals surface area contributed by atoms with Gasteiger partial charge in [0.1, 0.15) is 0 Å². The molecule has 4 heteroatoms. The first-order chi connectivity index (χ1) is 9.79. The van der Waals surface area contributed by atoms with Gasteiger partial charge in [-0.05, 0) is 36.5 Å². The summed E-state index contributed by atoms with van der Waals surface area (Å²) in [7, 11) is 0. The third-order valence-corrected chi connectivity index (χ3v) is 3.84. The Morgan fingerprint density at radius 1 is 1.10 bits per heavy atom. The van der Waals surface area contributed by atoms with Gasteiger partial charge in [-0.1, -0.05) is 48.2 Å². The number of anilines is 1. The van der Waals surface area contributed by atoms with E-state index in [9.17, 15) is 0 Å². The van der Waals surface area contributed by atoms with E-state index in [0.717, 1.165) is 10.6 Å². The van der Waals surface area contributed by atoms with Crippen molar-refractivity contribution in [3.05, 3.63) is 67.3 Å². The van der Waals surface area contributed by atoms with Gasteiger partial charge in [-0.15, -0.1) is 6.58 Å². The molecule has 2 rings (SSSR count). The molecule has 0 spiro atoms. The van der Waals surface area contributed by atoms with E-state index in [1.54, 1.807) is 17.8 Å². The Labute approximate surface area is 129 Å². The Kier molecular flexibility index (Phi) is 5.65. The van der Waals surface area contributed by atoms with Crippen molar-refractivity contribution in [2.75, 3.05) is 11.9 Å². The number of para-hydroxylation sites is 1. The van der Waals surface area contributed by atoms with Crippen molar-refractivity contribution in [1.82, 2.24) is 5.32 Å². The maximum atomic E-state index is 5.25. The average Bonchev–Trinajstić information content (AvgIpc) is 2.48. The van der Waals surface area contributed by atoms with Gasteiger partial charge in [-0.3, -0.25) is 0 Å². The molecule has 0 atom stereocenters. The Morgan fingerprint density at radius 2 is 1.80 bits per heavy atom. The molecule has 0 fully saturated rings. The maximum absolute atomic E-state index is 5.25. The monoisotopic (exact) mass is 300 g/mol. The van der Waals surface area contributed by atoms with Crippen LogP contribution < -0.4 is 10.6 Å². The van der Waals surface area contributed by atoms with Crippen LogP contribution in [0.3, 0.4) is 0 Å². The fourth-order valence-electron chi connectivity index (χ4n) is 1.61. The minimum Gasteiger partial charge on any atom is -0.359 e. The van der Waals surface area contributed by atoms with Crippen LogP contribution in [0.5, 0.6) is 0 Å². The van der Waals surface area contributed by atoms with E-state index in [1.165, 1.54) is 4.90 Å². The van der Waals surface area contributed by atoms with E-state index in [0.29, 0.717) is 11.7 Å². The highest BCUT2D eigenvalue weighted by atomic mass is 32.2. The molecule has 0 saturated heterocycles. The molecule has 102 valence electrons. The van der Waals surface area contributed by atoms with E-state index in [2.05, 4.69) is 35.4 Å². The molecule has 0 saturated carbocycles. The fraction of sp³-hybridized carbons (Fsp3) is 0.0625. The molecule has 0 aliphatic heterocycles. The van der Waals surface area contributed by atoms with Crippen LogP contribution in [0.1, 0.15) is 0 Å². The summed E-state index contributed by atoms with van der Waals surface area (Å²) in [5.41, 5.74) is 1.00. The zero-order chi connectivity index (χ0) is 14.2. The standard InChI is InChI=1S/C16H16N2S2/c1-2-12-17-16(19)18-14-10-6-7-11-15(14)20-13-8-4-3-5-9-13/h2-11H,1,12H2,(H2,17,18,19). The molecule has 0 aliphatic carbocycles. The minimum atomic E-state index is 0.603. The highest BCUT2D eigenvalue weighted by Crippen LogP contribution is 2.33. The van der Waals surface area contributed by atoms with Crippen molar-refractivity contribution in [3.8, 4) is 0 Å². The first-order valence-corrected chi connectivity index (χ1v) is 7.50. The minimum absolute atomic E-state index is 0.603. The average molecular weight is 300 g/mol. The van der Waals surface area contributed by atoms with Crippen LogP contribution in [-0.2, 0) is 0 Å². The fourth-order valence-corrected chi connectivity index (χ4v) is 2.72. The highest BCUT2D eigenvalue weighted by molar-refractivity contribution is 7.99. The molecule has 0 aromatic heterocycles. The first-order valence-electron chi connectivity index (χ1n) is 6.27. The molecule has 0 heterocycles. The molecular weight excluding hydrogens is 284 g/mol. The molecule has 0 amide bonds. The van der Waals surface area contributed by atoms with Gasteiger partial charge in [-0.25, -0.2) is 0 Å². The van der Waals surface area contributed by atoms with E-state index >= 15 is 0 Å². The summed E-state index contributed by atoms with van der Waals surface area (Å²) in [6, 6.07) is 18.4. The van der Waals surface area contributed by atoms with E-state index < -0.39 is 0 Å². The van der Waals surface area contributed by atoms with Crippen molar-refractivity contribution in [1.29, 1.82) is 0 Å². The highest BCUT2D eigenvalue weighted by Gasteiger charge is 2.05. The lowest BCUT2D eigenvalue weighted by Crippen LogP contribution is -2.28. The van der Waals surface area contributed by atoms with Gasteiger partial charge in [0.2, 0.25) is 0 Å². The van der Waals surface area contributed by atoms with Gasteiger partial charge in [0.15, 0.2) is 5.11 Å². The van der Waals surface area contributed by atoms with Crippen LogP contribution in [0.25, 0.3) is 0 Å². The molecule has 0 unspecified atom stereocenters. The Balaban J connectivity index is 2.10. The predicted molar refractivity (Wildman–Crippen MR) is 91.4 cm³/mol. The van der Waals surface area contributed by atoms with Gasteiger partial charge < -0.3 is 10.6 Å². The summed E-state index contributed by atoms with van der Waals surface area (Å²) >= 11 is 6.96. The number of benzene rings is 2. The van der Waals surface area contributed by atoms with E-state index in [1.807, 2.05) is 36.4 Å². The number of hydrogen-bond donors (Lipinski definition) is 2. The number of rotatable bonds is 5. The largest absolute Gasteiger partial charge is 0.359 e. The van der Waals surface area contributed by atoms with Crippen molar-refractivity contribution in [3.63, 3.8) is 0 Å². The molecule has 2 N–H and O–H groups in total. The van der Waals surface area contributed by atoms with Crippen LogP contribution in [-0.4, -0.2) is 11.7 Å². The Bertz CT molecular complexity index is 582. The molecule has 2 aromatic carbocycles. The van der Waals surface area contributed by atoms with Crippen LogP contribution in [0.4, 0.5) is 5.69 Å². The van der Waals surface area contributed by atoms with Crippen LogP contribution in [0.2, 0.25) is 0 Å². The first kappa shape index (κ1) is 14.6. The number of nitrogens with one attached hydrogen (secondary N) is 2. The topological polar surface area (TPSA) is 24.1 Å². The molecule has 0 bridgehead atoms. The predicted octanol–water partition coefficient (Wildman–Crippen LogP) is 4.31. The van der Waals surface area contributed by atoms with Gasteiger partial charge in [-0.2, -0.15) is 0 Å². The van der Waals surface area contributed by atoms with Crippen LogP contribution in [0, 0.1) is 0 Å². The van der Waals surface area contributed by atoms with E-state index in [-0.39, 0.29) is 0 Å². The van der Waals surface area contributed by atoms with Crippen LogP contribution >= 0.6 is 24.0 Å². The molecule has 2 nitrogen and oxygen atoms in total. The Morgan fingerprint density at radius 3 is 2.55 bits per heavy atom. The molecule has 0 aliphatic rings. The second-order valence-corrected chi connectivity index (χ2v) is 5.56. The second-order valence-electron chi connectivity index (χ2n) is 4.03. The molecular formula is C16H16N2S2. The maximum Gasteiger partial charge on any atom is 0.171 e. The van der Waals surface area contributed by atoms with Crippen molar-refractivity contribution < 1.29 is 0 Å². The van der Waals surface area contributed by atoms with Gasteiger partial charge >= 0.3 is 0 Å². The van der Waals surface area contributed by atoms with Gasteiger partial charge in [0, 0.05) is 16.3 Å². The third-order valence-electron chi connectivity index (χ3n) is 2.51. The Hall–Kier alpha value is -1.78. The summed E-state index contributed by atoms with van der Waals surface area (Å²) in [6.07, 6.45) is 1.78. The SMILES string of the molecule is C=CCNC(=S)Nc1ccccc1Sc1ccccc1. The van der Waals surface area contributed by atoms with Crippen molar-refractivity contribution in [2.24, 2.45) is 0 Å². The summed E-state index contributed by atoms with van der Waals surface area (Å²) < 4.78 is 0. The smallest absolute Gasteiger partial charge is 0.171 e. The zero-order valence-electron chi connectivity index (χ0n) is 11.0. The third kappa shape index (κ3) is 4.40. The summed E-state index contributed by atoms with van der Waals surface area (Å²) in [5, 5.41) is 6.88. The lowest BCUT2D eigenvalue weighted by Gasteiger charge is -2.13. The number of thiocarbonyl (C=S) groups is 1.